The standard InChI is InChI=1S/C18H30N4O2S.HI/c1-14(2)22-12-15(3)17(13-22)21-18(19-4)20-10-11-25(23,24)16-8-6-5-7-9-16;/h5-9,14-15,17H,10-13H2,1-4H3,(H2,19,20,21);1H. The molecule has 0 saturated carbocycles. The highest BCUT2D eigenvalue weighted by Gasteiger charge is 2.31. The summed E-state index contributed by atoms with van der Waals surface area (Å²) in [5, 5.41) is 6.56. The van der Waals surface area contributed by atoms with Crippen LogP contribution in [0.4, 0.5) is 0 Å². The van der Waals surface area contributed by atoms with Crippen LogP contribution in [0.1, 0.15) is 20.8 Å². The fourth-order valence-electron chi connectivity index (χ4n) is 3.03. The number of nitrogens with zero attached hydrogens (tertiary/aromatic N) is 2. The van der Waals surface area contributed by atoms with Crippen LogP contribution in [0.3, 0.4) is 0 Å². The first kappa shape index (κ1) is 23.2. The van der Waals surface area contributed by atoms with E-state index in [-0.39, 0.29) is 29.7 Å². The normalized spacial score (nSPS) is 21.5. The molecule has 1 saturated heterocycles. The van der Waals surface area contributed by atoms with E-state index >= 15 is 0 Å². The molecule has 0 aromatic heterocycles. The van der Waals surface area contributed by atoms with Crippen LogP contribution in [-0.2, 0) is 9.84 Å². The molecular weight excluding hydrogens is 463 g/mol. The Bertz CT molecular complexity index is 680. The summed E-state index contributed by atoms with van der Waals surface area (Å²) < 4.78 is 24.6. The quantitative estimate of drug-likeness (QED) is 0.360. The molecule has 0 spiro atoms. The topological polar surface area (TPSA) is 73.8 Å². The Balaban J connectivity index is 0.00000338. The van der Waals surface area contributed by atoms with Crippen molar-refractivity contribution in [1.29, 1.82) is 0 Å². The second-order valence-corrected chi connectivity index (χ2v) is 9.02. The lowest BCUT2D eigenvalue weighted by Gasteiger charge is -2.22. The molecule has 1 aliphatic rings. The van der Waals surface area contributed by atoms with Crippen molar-refractivity contribution in [2.45, 2.75) is 37.8 Å². The zero-order valence-corrected chi connectivity index (χ0v) is 19.1. The molecule has 2 unspecified atom stereocenters. The highest BCUT2D eigenvalue weighted by Crippen LogP contribution is 2.18. The molecular formula is C18H31IN4O2S. The number of guanidine groups is 1. The maximum absolute atomic E-state index is 12.3. The highest BCUT2D eigenvalue weighted by molar-refractivity contribution is 14.0. The van der Waals surface area contributed by atoms with Gasteiger partial charge < -0.3 is 10.6 Å². The van der Waals surface area contributed by atoms with Gasteiger partial charge in [-0.05, 0) is 31.9 Å². The minimum atomic E-state index is -3.28. The predicted molar refractivity (Wildman–Crippen MR) is 118 cm³/mol. The summed E-state index contributed by atoms with van der Waals surface area (Å²) in [6.07, 6.45) is 0. The lowest BCUT2D eigenvalue weighted by atomic mass is 10.1. The van der Waals surface area contributed by atoms with E-state index in [9.17, 15) is 8.42 Å². The minimum Gasteiger partial charge on any atom is -0.355 e. The van der Waals surface area contributed by atoms with Gasteiger partial charge in [-0.2, -0.15) is 0 Å². The van der Waals surface area contributed by atoms with Crippen molar-refractivity contribution in [2.24, 2.45) is 10.9 Å². The second kappa shape index (κ2) is 10.5. The van der Waals surface area contributed by atoms with Crippen molar-refractivity contribution in [3.63, 3.8) is 0 Å². The van der Waals surface area contributed by atoms with Gasteiger partial charge in [-0.1, -0.05) is 25.1 Å². The summed E-state index contributed by atoms with van der Waals surface area (Å²) in [6, 6.07) is 9.39. The van der Waals surface area contributed by atoms with Gasteiger partial charge in [0.2, 0.25) is 0 Å². The number of hydrogen-bond acceptors (Lipinski definition) is 4. The van der Waals surface area contributed by atoms with Crippen LogP contribution in [0.2, 0.25) is 0 Å². The van der Waals surface area contributed by atoms with Crippen molar-refractivity contribution >= 4 is 39.8 Å². The molecule has 1 aromatic rings. The second-order valence-electron chi connectivity index (χ2n) is 6.91. The van der Waals surface area contributed by atoms with Gasteiger partial charge in [0.1, 0.15) is 0 Å². The van der Waals surface area contributed by atoms with Crippen molar-refractivity contribution < 1.29 is 8.42 Å². The van der Waals surface area contributed by atoms with Crippen LogP contribution >= 0.6 is 24.0 Å². The van der Waals surface area contributed by atoms with Gasteiger partial charge in [-0.3, -0.25) is 9.89 Å². The molecule has 2 atom stereocenters. The summed E-state index contributed by atoms with van der Waals surface area (Å²) in [5.74, 6) is 1.22. The number of rotatable bonds is 6. The lowest BCUT2D eigenvalue weighted by molar-refractivity contribution is 0.265. The van der Waals surface area contributed by atoms with Gasteiger partial charge in [0.15, 0.2) is 15.8 Å². The number of benzene rings is 1. The van der Waals surface area contributed by atoms with E-state index in [4.69, 9.17) is 0 Å². The van der Waals surface area contributed by atoms with Gasteiger partial charge >= 0.3 is 0 Å². The van der Waals surface area contributed by atoms with Crippen molar-refractivity contribution in [1.82, 2.24) is 15.5 Å². The fraction of sp³-hybridized carbons (Fsp3) is 0.611. The number of nitrogens with one attached hydrogen (secondary N) is 2. The molecule has 0 bridgehead atoms. The Labute approximate surface area is 174 Å². The summed E-state index contributed by atoms with van der Waals surface area (Å²) in [7, 11) is -1.57. The molecule has 1 heterocycles. The third-order valence-corrected chi connectivity index (χ3v) is 6.41. The molecule has 26 heavy (non-hydrogen) atoms. The first-order valence-electron chi connectivity index (χ1n) is 8.82. The average Bonchev–Trinajstić information content (AvgIpc) is 2.95. The largest absolute Gasteiger partial charge is 0.355 e. The molecule has 2 N–H and O–H groups in total. The Morgan fingerprint density at radius 1 is 1.27 bits per heavy atom. The Hall–Kier alpha value is -0.870. The Kier molecular flexibility index (Phi) is 9.32. The maximum Gasteiger partial charge on any atom is 0.191 e. The SMILES string of the molecule is CN=C(NCCS(=O)(=O)c1ccccc1)NC1CN(C(C)C)CC1C.I. The average molecular weight is 494 g/mol. The van der Waals surface area contributed by atoms with Gasteiger partial charge in [-0.15, -0.1) is 24.0 Å². The summed E-state index contributed by atoms with van der Waals surface area (Å²) >= 11 is 0. The third kappa shape index (κ3) is 6.38. The first-order chi connectivity index (χ1) is 11.8. The Morgan fingerprint density at radius 3 is 2.46 bits per heavy atom. The Morgan fingerprint density at radius 2 is 1.92 bits per heavy atom. The van der Waals surface area contributed by atoms with Crippen LogP contribution in [0.15, 0.2) is 40.2 Å². The predicted octanol–water partition coefficient (Wildman–Crippen LogP) is 1.97. The smallest absolute Gasteiger partial charge is 0.191 e. The summed E-state index contributed by atoms with van der Waals surface area (Å²) in [5.41, 5.74) is 0. The molecule has 1 aromatic carbocycles. The van der Waals surface area contributed by atoms with Crippen molar-refractivity contribution in [2.75, 3.05) is 32.4 Å². The number of likely N-dealkylation sites (tertiary alicyclic amines) is 1. The molecule has 2 rings (SSSR count). The van der Waals surface area contributed by atoms with E-state index in [2.05, 4.69) is 41.3 Å². The van der Waals surface area contributed by atoms with Crippen molar-refractivity contribution in [3.8, 4) is 0 Å². The molecule has 0 aliphatic carbocycles. The number of hydrogen-bond donors (Lipinski definition) is 2. The van der Waals surface area contributed by atoms with E-state index < -0.39 is 9.84 Å². The molecule has 0 radical (unpaired) electrons. The van der Waals surface area contributed by atoms with Crippen LogP contribution in [0, 0.1) is 5.92 Å². The van der Waals surface area contributed by atoms with Crippen LogP contribution < -0.4 is 10.6 Å². The molecule has 1 fully saturated rings. The minimum absolute atomic E-state index is 0. The van der Waals surface area contributed by atoms with Gasteiger partial charge in [0.05, 0.1) is 10.6 Å². The number of aliphatic imine (C=N–C) groups is 1. The summed E-state index contributed by atoms with van der Waals surface area (Å²) in [4.78, 5) is 7.03. The monoisotopic (exact) mass is 494 g/mol. The third-order valence-electron chi connectivity index (χ3n) is 4.68. The van der Waals surface area contributed by atoms with Crippen molar-refractivity contribution in [3.05, 3.63) is 30.3 Å². The van der Waals surface area contributed by atoms with Gasteiger partial charge in [0, 0.05) is 38.8 Å². The first-order valence-corrected chi connectivity index (χ1v) is 10.5. The fourth-order valence-corrected chi connectivity index (χ4v) is 4.21. The van der Waals surface area contributed by atoms with E-state index in [0.29, 0.717) is 35.4 Å². The van der Waals surface area contributed by atoms with E-state index in [1.165, 1.54) is 0 Å². The zero-order chi connectivity index (χ0) is 18.4. The van der Waals surface area contributed by atoms with Gasteiger partial charge in [-0.25, -0.2) is 8.42 Å². The number of halogens is 1. The van der Waals surface area contributed by atoms with Gasteiger partial charge in [0.25, 0.3) is 0 Å². The zero-order valence-electron chi connectivity index (χ0n) is 16.0. The molecule has 1 aliphatic heterocycles. The number of sulfone groups is 1. The summed E-state index contributed by atoms with van der Waals surface area (Å²) in [6.45, 7) is 9.00. The van der Waals surface area contributed by atoms with E-state index in [1.54, 1.807) is 31.3 Å². The molecule has 0 amide bonds. The molecule has 6 nitrogen and oxygen atoms in total. The van der Waals surface area contributed by atoms with Crippen LogP contribution in [-0.4, -0.2) is 63.8 Å². The molecule has 148 valence electrons. The maximum atomic E-state index is 12.3. The highest BCUT2D eigenvalue weighted by atomic mass is 127. The van der Waals surface area contributed by atoms with Crippen LogP contribution in [0.5, 0.6) is 0 Å². The lowest BCUT2D eigenvalue weighted by Crippen LogP contribution is -2.47. The van der Waals surface area contributed by atoms with E-state index in [1.807, 2.05) is 6.07 Å². The molecule has 8 heteroatoms. The van der Waals surface area contributed by atoms with Crippen LogP contribution in [0.25, 0.3) is 0 Å². The van der Waals surface area contributed by atoms with E-state index in [0.717, 1.165) is 13.1 Å².